The van der Waals surface area contributed by atoms with Gasteiger partial charge in [-0.3, -0.25) is 4.79 Å². The van der Waals surface area contributed by atoms with Crippen LogP contribution in [0.5, 0.6) is 0 Å². The lowest BCUT2D eigenvalue weighted by Crippen LogP contribution is -2.35. The maximum Gasteiger partial charge on any atom is 0.407 e. The first-order chi connectivity index (χ1) is 16.0. The highest BCUT2D eigenvalue weighted by Gasteiger charge is 2.29. The largest absolute Gasteiger partial charge is 0.478 e. The van der Waals surface area contributed by atoms with Crippen LogP contribution in [0.2, 0.25) is 0 Å². The molecule has 1 unspecified atom stereocenters. The van der Waals surface area contributed by atoms with Crippen molar-refractivity contribution in [2.75, 3.05) is 24.7 Å². The van der Waals surface area contributed by atoms with E-state index in [9.17, 15) is 14.4 Å². The second-order valence-corrected chi connectivity index (χ2v) is 9.15. The van der Waals surface area contributed by atoms with Crippen LogP contribution >= 0.6 is 11.8 Å². The van der Waals surface area contributed by atoms with Gasteiger partial charge in [-0.2, -0.15) is 11.8 Å². The molecule has 4 rings (SSSR count). The van der Waals surface area contributed by atoms with E-state index in [1.165, 1.54) is 34.0 Å². The number of amides is 2. The number of ether oxygens (including phenoxy) is 1. The highest BCUT2D eigenvalue weighted by Crippen LogP contribution is 2.44. The summed E-state index contributed by atoms with van der Waals surface area (Å²) in [5.41, 5.74) is 5.05. The first kappa shape index (κ1) is 22.9. The predicted molar refractivity (Wildman–Crippen MR) is 127 cm³/mol. The molecular formula is C25H26N2O5S. The van der Waals surface area contributed by atoms with E-state index in [2.05, 4.69) is 34.9 Å². The van der Waals surface area contributed by atoms with E-state index in [4.69, 9.17) is 9.84 Å². The number of aliphatic carboxylic acids is 1. The van der Waals surface area contributed by atoms with Crippen LogP contribution in [-0.2, 0) is 14.3 Å². The molecule has 0 radical (unpaired) electrons. The molecule has 3 N–H and O–H groups in total. The summed E-state index contributed by atoms with van der Waals surface area (Å²) in [6, 6.07) is 16.2. The Hall–Kier alpha value is -3.26. The average molecular weight is 467 g/mol. The predicted octanol–water partition coefficient (Wildman–Crippen LogP) is 3.55. The number of thioether (sulfide) groups is 1. The summed E-state index contributed by atoms with van der Waals surface area (Å²) in [5.74, 6) is -0.217. The Balaban J connectivity index is 1.14. The van der Waals surface area contributed by atoms with Gasteiger partial charge in [0.1, 0.15) is 6.61 Å². The fraction of sp³-hybridized carbons (Fsp3) is 0.320. The molecule has 0 heterocycles. The van der Waals surface area contributed by atoms with E-state index >= 15 is 0 Å². The van der Waals surface area contributed by atoms with Gasteiger partial charge in [-0.1, -0.05) is 54.6 Å². The summed E-state index contributed by atoms with van der Waals surface area (Å²) in [4.78, 5) is 35.1. The van der Waals surface area contributed by atoms with E-state index in [0.29, 0.717) is 30.7 Å². The summed E-state index contributed by atoms with van der Waals surface area (Å²) < 4.78 is 5.49. The van der Waals surface area contributed by atoms with Crippen LogP contribution in [0.1, 0.15) is 29.9 Å². The number of fused-ring (bicyclic) bond motifs is 3. The van der Waals surface area contributed by atoms with Crippen molar-refractivity contribution >= 4 is 29.7 Å². The Labute approximate surface area is 196 Å². The fourth-order valence-electron chi connectivity index (χ4n) is 4.31. The normalized spacial score (nSPS) is 16.5. The number of carbonyl (C=O) groups is 3. The van der Waals surface area contributed by atoms with Crippen molar-refractivity contribution in [2.45, 2.75) is 24.8 Å². The second-order valence-electron chi connectivity index (χ2n) is 8.04. The molecular weight excluding hydrogens is 440 g/mol. The maximum absolute atomic E-state index is 12.2. The number of carboxylic acids is 1. The summed E-state index contributed by atoms with van der Waals surface area (Å²) in [6.45, 7) is 0.659. The Morgan fingerprint density at radius 1 is 1.03 bits per heavy atom. The number of rotatable bonds is 9. The number of nitrogens with one attached hydrogen (secondary N) is 2. The van der Waals surface area contributed by atoms with E-state index in [-0.39, 0.29) is 30.2 Å². The van der Waals surface area contributed by atoms with Crippen LogP contribution in [0.4, 0.5) is 4.79 Å². The molecule has 2 amide bonds. The van der Waals surface area contributed by atoms with Gasteiger partial charge < -0.3 is 20.5 Å². The van der Waals surface area contributed by atoms with Gasteiger partial charge in [0, 0.05) is 29.8 Å². The second kappa shape index (κ2) is 10.6. The molecule has 0 saturated carbocycles. The lowest BCUT2D eigenvalue weighted by Gasteiger charge is -2.14. The molecule has 8 heteroatoms. The molecule has 0 spiro atoms. The lowest BCUT2D eigenvalue weighted by molar-refractivity contribution is -0.133. The molecule has 2 aliphatic rings. The van der Waals surface area contributed by atoms with Crippen molar-refractivity contribution < 1.29 is 24.2 Å². The van der Waals surface area contributed by atoms with E-state index in [1.54, 1.807) is 6.08 Å². The standard InChI is InChI=1S/C25H26N2O5S/c28-23(27-17-10-9-16(13-17)24(29)30)15-33-12-11-26-25(31)32-14-22-20-7-3-1-5-18(20)19-6-2-4-8-21(19)22/h1-9,17,22H,10-15H2,(H,26,31)(H,27,28)(H,29,30). The number of hydrogen-bond acceptors (Lipinski definition) is 5. The number of benzene rings is 2. The Kier molecular flexibility index (Phi) is 7.34. The van der Waals surface area contributed by atoms with Crippen LogP contribution in [-0.4, -0.2) is 53.8 Å². The summed E-state index contributed by atoms with van der Waals surface area (Å²) in [7, 11) is 0. The number of alkyl carbamates (subject to hydrolysis) is 1. The SMILES string of the molecule is O=C(CSCCNC(=O)OCC1c2ccccc2-c2ccccc21)NC1CC=C(C(=O)O)C1. The topological polar surface area (TPSA) is 105 Å². The first-order valence-corrected chi connectivity index (χ1v) is 12.1. The van der Waals surface area contributed by atoms with Crippen molar-refractivity contribution in [3.05, 3.63) is 71.3 Å². The van der Waals surface area contributed by atoms with Gasteiger partial charge in [0.2, 0.25) is 5.91 Å². The zero-order valence-electron chi connectivity index (χ0n) is 18.1. The van der Waals surface area contributed by atoms with Gasteiger partial charge in [-0.05, 0) is 35.1 Å². The third kappa shape index (κ3) is 5.57. The number of carbonyl (C=O) groups excluding carboxylic acids is 2. The Morgan fingerprint density at radius 2 is 1.70 bits per heavy atom. The third-order valence-electron chi connectivity index (χ3n) is 5.85. The monoisotopic (exact) mass is 466 g/mol. The molecule has 0 aliphatic heterocycles. The highest BCUT2D eigenvalue weighted by atomic mass is 32.2. The molecule has 7 nitrogen and oxygen atoms in total. The van der Waals surface area contributed by atoms with Crippen LogP contribution in [0, 0.1) is 0 Å². The molecule has 2 aromatic rings. The zero-order valence-corrected chi connectivity index (χ0v) is 18.9. The van der Waals surface area contributed by atoms with Gasteiger partial charge >= 0.3 is 12.1 Å². The van der Waals surface area contributed by atoms with Crippen molar-refractivity contribution in [1.29, 1.82) is 0 Å². The summed E-state index contributed by atoms with van der Waals surface area (Å²) in [6.07, 6.45) is 2.08. The number of hydrogen-bond donors (Lipinski definition) is 3. The zero-order chi connectivity index (χ0) is 23.2. The molecule has 0 fully saturated rings. The molecule has 2 aromatic carbocycles. The third-order valence-corrected chi connectivity index (χ3v) is 6.81. The molecule has 2 aliphatic carbocycles. The lowest BCUT2D eigenvalue weighted by atomic mass is 9.98. The minimum Gasteiger partial charge on any atom is -0.478 e. The smallest absolute Gasteiger partial charge is 0.407 e. The van der Waals surface area contributed by atoms with Gasteiger partial charge in [0.25, 0.3) is 0 Å². The van der Waals surface area contributed by atoms with Gasteiger partial charge in [-0.15, -0.1) is 0 Å². The minimum atomic E-state index is -0.930. The van der Waals surface area contributed by atoms with Crippen molar-refractivity contribution in [3.8, 4) is 11.1 Å². The van der Waals surface area contributed by atoms with Crippen molar-refractivity contribution in [3.63, 3.8) is 0 Å². The Bertz CT molecular complexity index is 1040. The van der Waals surface area contributed by atoms with Crippen molar-refractivity contribution in [1.82, 2.24) is 10.6 Å². The van der Waals surface area contributed by atoms with Crippen LogP contribution < -0.4 is 10.6 Å². The molecule has 0 bridgehead atoms. The molecule has 0 aromatic heterocycles. The highest BCUT2D eigenvalue weighted by molar-refractivity contribution is 7.99. The van der Waals surface area contributed by atoms with E-state index in [1.807, 2.05) is 24.3 Å². The minimum absolute atomic E-state index is 0.0212. The molecule has 172 valence electrons. The van der Waals surface area contributed by atoms with Gasteiger partial charge in [0.05, 0.1) is 5.75 Å². The van der Waals surface area contributed by atoms with Crippen molar-refractivity contribution in [2.24, 2.45) is 0 Å². The van der Waals surface area contributed by atoms with Crippen LogP contribution in [0.25, 0.3) is 11.1 Å². The van der Waals surface area contributed by atoms with Crippen LogP contribution in [0.15, 0.2) is 60.2 Å². The summed E-state index contributed by atoms with van der Waals surface area (Å²) in [5, 5.41) is 14.5. The average Bonchev–Trinajstić information content (AvgIpc) is 3.40. The first-order valence-electron chi connectivity index (χ1n) is 10.9. The maximum atomic E-state index is 12.2. The molecule has 0 saturated heterocycles. The number of carboxylic acid groups (broad SMARTS) is 1. The molecule has 1 atom stereocenters. The Morgan fingerprint density at radius 3 is 2.33 bits per heavy atom. The van der Waals surface area contributed by atoms with Crippen LogP contribution in [0.3, 0.4) is 0 Å². The van der Waals surface area contributed by atoms with E-state index in [0.717, 1.165) is 0 Å². The fourth-order valence-corrected chi connectivity index (χ4v) is 4.97. The van der Waals surface area contributed by atoms with E-state index < -0.39 is 12.1 Å². The summed E-state index contributed by atoms with van der Waals surface area (Å²) >= 11 is 1.40. The quantitative estimate of drug-likeness (QED) is 0.488. The van der Waals surface area contributed by atoms with Gasteiger partial charge in [-0.25, -0.2) is 9.59 Å². The van der Waals surface area contributed by atoms with Gasteiger partial charge in [0.15, 0.2) is 0 Å². The molecule has 33 heavy (non-hydrogen) atoms.